The minimum absolute atomic E-state index is 0.0239. The van der Waals surface area contributed by atoms with Crippen LogP contribution in [0.3, 0.4) is 0 Å². The summed E-state index contributed by atoms with van der Waals surface area (Å²) in [7, 11) is -9.38. The highest BCUT2D eigenvalue weighted by Gasteiger charge is 2.27. The zero-order valence-electron chi connectivity index (χ0n) is 60.1. The summed E-state index contributed by atoms with van der Waals surface area (Å²) >= 11 is 0. The topological polar surface area (TPSA) is 293 Å². The Labute approximate surface area is 571 Å². The van der Waals surface area contributed by atoms with Gasteiger partial charge in [0.15, 0.2) is 0 Å². The third-order valence-electron chi connectivity index (χ3n) is 16.7. The Morgan fingerprint density at radius 2 is 0.670 bits per heavy atom. The number of hydrogen-bond donors (Lipinski definition) is 7. The van der Waals surface area contributed by atoms with Gasteiger partial charge in [0, 0.05) is 45.4 Å². The van der Waals surface area contributed by atoms with Gasteiger partial charge >= 0.3 is 21.6 Å². The molecule has 0 radical (unpaired) electrons. The van der Waals surface area contributed by atoms with Crippen LogP contribution in [0.1, 0.15) is 336 Å². The molecule has 4 amide bonds. The van der Waals surface area contributed by atoms with Gasteiger partial charge in [-0.25, -0.2) is 9.13 Å². The number of esters is 1. The summed E-state index contributed by atoms with van der Waals surface area (Å²) in [5.74, 6) is -2.15. The lowest BCUT2D eigenvalue weighted by Gasteiger charge is -2.22. The number of ether oxygens (including phenoxy) is 3. The lowest BCUT2D eigenvalue weighted by molar-refractivity contribution is -0.150. The van der Waals surface area contributed by atoms with Gasteiger partial charge in [-0.2, -0.15) is 0 Å². The highest BCUT2D eigenvalue weighted by Crippen LogP contribution is 2.44. The Balaban J connectivity index is 5.25. The van der Waals surface area contributed by atoms with E-state index in [-0.39, 0.29) is 76.2 Å². The molecular formula is C71H140N4O17P2. The molecule has 23 heteroatoms. The first-order valence-corrected chi connectivity index (χ1v) is 40.9. The minimum Gasteiger partial charge on any atom is -0.462 e. The van der Waals surface area contributed by atoms with Crippen LogP contribution in [0.5, 0.6) is 0 Å². The first-order valence-electron chi connectivity index (χ1n) is 37.9. The Morgan fingerprint density at radius 1 is 0.351 bits per heavy atom. The highest BCUT2D eigenvalue weighted by atomic mass is 31.2. The van der Waals surface area contributed by atoms with Crippen molar-refractivity contribution in [2.75, 3.05) is 65.9 Å². The van der Waals surface area contributed by atoms with Crippen LogP contribution in [0.2, 0.25) is 0 Å². The van der Waals surface area contributed by atoms with Crippen molar-refractivity contribution in [1.82, 2.24) is 21.3 Å². The number of carbonyl (C=O) groups is 5. The van der Waals surface area contributed by atoms with E-state index in [2.05, 4.69) is 55.9 Å². The molecule has 0 aliphatic rings. The van der Waals surface area contributed by atoms with E-state index in [0.29, 0.717) is 38.5 Å². The Kier molecular flexibility index (Phi) is 64.5. The van der Waals surface area contributed by atoms with Crippen molar-refractivity contribution in [3.05, 3.63) is 0 Å². The zero-order chi connectivity index (χ0) is 69.3. The van der Waals surface area contributed by atoms with Gasteiger partial charge in [0.05, 0.1) is 64.4 Å². The molecule has 0 aromatic heterocycles. The summed E-state index contributed by atoms with van der Waals surface area (Å²) in [6.07, 6.45) is 45.4. The quantitative estimate of drug-likeness (QED) is 0.0129. The average molecular weight is 1380 g/mol. The zero-order valence-corrected chi connectivity index (χ0v) is 61.9. The summed E-state index contributed by atoms with van der Waals surface area (Å²) in [5.41, 5.74) is 0. The molecule has 21 nitrogen and oxygen atoms in total. The summed E-state index contributed by atoms with van der Waals surface area (Å²) in [4.78, 5) is 85.4. The molecule has 7 N–H and O–H groups in total. The van der Waals surface area contributed by atoms with Crippen molar-refractivity contribution in [1.29, 1.82) is 0 Å². The molecule has 0 bridgehead atoms. The lowest BCUT2D eigenvalue weighted by Crippen LogP contribution is -2.41. The van der Waals surface area contributed by atoms with Gasteiger partial charge in [-0.3, -0.25) is 42.1 Å². The predicted octanol–water partition coefficient (Wildman–Crippen LogP) is 16.2. The molecule has 0 heterocycles. The Morgan fingerprint density at radius 3 is 1.04 bits per heavy atom. The largest absolute Gasteiger partial charge is 0.472 e. The Hall–Kier alpha value is -2.55. The fourth-order valence-electron chi connectivity index (χ4n) is 10.9. The number of unbranched alkanes of at least 4 members (excludes halogenated alkanes) is 34. The van der Waals surface area contributed by atoms with Crippen LogP contribution in [-0.4, -0.2) is 135 Å². The minimum atomic E-state index is -4.71. The van der Waals surface area contributed by atoms with Crippen LogP contribution in [0.15, 0.2) is 0 Å². The molecule has 0 aromatic carbocycles. The molecule has 556 valence electrons. The van der Waals surface area contributed by atoms with E-state index in [1.54, 1.807) is 0 Å². The molecule has 0 aromatic rings. The lowest BCUT2D eigenvalue weighted by atomic mass is 10.1. The Bertz CT molecular complexity index is 1890. The van der Waals surface area contributed by atoms with Crippen LogP contribution in [-0.2, 0) is 65.4 Å². The molecular weight excluding hydrogens is 1240 g/mol. The first-order chi connectivity index (χ1) is 45.5. The number of phosphoric ester groups is 2. The maximum Gasteiger partial charge on any atom is 0.472 e. The smallest absolute Gasteiger partial charge is 0.462 e. The van der Waals surface area contributed by atoms with E-state index in [1.165, 1.54) is 122 Å². The number of hydrogen-bond acceptors (Lipinski definition) is 15. The van der Waals surface area contributed by atoms with Crippen LogP contribution in [0.25, 0.3) is 0 Å². The fraction of sp³-hybridized carbons (Fsp3) is 0.930. The number of carbonyl (C=O) groups excluding carboxylic acids is 5. The fourth-order valence-corrected chi connectivity index (χ4v) is 12.4. The van der Waals surface area contributed by atoms with Gasteiger partial charge in [-0.1, -0.05) is 259 Å². The van der Waals surface area contributed by atoms with Gasteiger partial charge in [0.2, 0.25) is 23.6 Å². The van der Waals surface area contributed by atoms with Crippen molar-refractivity contribution in [2.24, 2.45) is 0 Å². The van der Waals surface area contributed by atoms with E-state index in [0.717, 1.165) is 122 Å². The molecule has 2 unspecified atom stereocenters. The third kappa shape index (κ3) is 64.1. The maximum atomic E-state index is 13.2. The molecule has 0 spiro atoms. The summed E-state index contributed by atoms with van der Waals surface area (Å²) in [6.45, 7) is 9.11. The number of rotatable bonds is 73. The molecule has 0 rings (SSSR count). The molecule has 0 aliphatic heterocycles. The van der Waals surface area contributed by atoms with Gasteiger partial charge in [0.1, 0.15) is 12.5 Å². The average Bonchev–Trinajstić information content (AvgIpc) is 1.47. The van der Waals surface area contributed by atoms with Gasteiger partial charge in [-0.15, -0.1) is 0 Å². The normalized spacial score (nSPS) is 14.2. The summed E-state index contributed by atoms with van der Waals surface area (Å²) in [5, 5.41) is 21.0. The highest BCUT2D eigenvalue weighted by molar-refractivity contribution is 7.47. The van der Waals surface area contributed by atoms with E-state index >= 15 is 0 Å². The van der Waals surface area contributed by atoms with Crippen LogP contribution in [0.4, 0.5) is 0 Å². The van der Waals surface area contributed by atoms with Crippen molar-refractivity contribution >= 4 is 45.2 Å². The van der Waals surface area contributed by atoms with Crippen LogP contribution >= 0.6 is 15.6 Å². The summed E-state index contributed by atoms with van der Waals surface area (Å²) < 4.78 is 64.5. The standard InChI is InChI=1S/C71H140N4O17P2/c1-6-11-16-21-24-27-28-31-33-38-43-48-68(78)75-64(60-87-55-51-66(46-41-36-20-15-10-5)92-71(81)49-44-39-34-30-26-23-18-13-8-3)62-91-94(84,85)89-57-53-73-70(80)58-69(79)72-52-56-88-93(82,83)90-61-63(59-86-54-50-65(76)45-40-35-19-14-9-4)74-67(77)47-42-37-32-29-25-22-17-12-7-2/h63-66,76H,6-62H2,1-5H3,(H,72,79)(H,73,80)(H,74,77)(H,75,78)(H,82,83)(H,84,85)/t63-,64+,65+,66+/m0/s1. The predicted molar refractivity (Wildman–Crippen MR) is 376 cm³/mol. The van der Waals surface area contributed by atoms with Crippen molar-refractivity contribution in [3.63, 3.8) is 0 Å². The number of amides is 4. The monoisotopic (exact) mass is 1380 g/mol. The van der Waals surface area contributed by atoms with E-state index in [4.69, 9.17) is 32.3 Å². The number of nitrogens with one attached hydrogen (secondary N) is 4. The van der Waals surface area contributed by atoms with E-state index in [9.17, 15) is 48.0 Å². The van der Waals surface area contributed by atoms with Crippen LogP contribution < -0.4 is 21.3 Å². The van der Waals surface area contributed by atoms with Crippen molar-refractivity contribution in [3.8, 4) is 0 Å². The van der Waals surface area contributed by atoms with Gasteiger partial charge in [0.25, 0.3) is 0 Å². The second-order valence-electron chi connectivity index (χ2n) is 25.9. The summed E-state index contributed by atoms with van der Waals surface area (Å²) in [6, 6.07) is -1.59. The SMILES string of the molecule is CCCCCCCCCCCCCC(=O)N[C@H](COCC[C@@H](CCCCCCC)OC(=O)CCCCCCCCCCC)COP(=O)(O)OCCNC(=O)CC(=O)NCCOP(=O)(O)OC[C@H](COCC[C@H](O)CCCCCCC)NC(=O)CCCCCCCCCCC. The van der Waals surface area contributed by atoms with Gasteiger partial charge in [-0.05, 0) is 44.9 Å². The van der Waals surface area contributed by atoms with E-state index in [1.807, 2.05) is 0 Å². The molecule has 0 fully saturated rings. The number of aliphatic hydroxyl groups is 1. The van der Waals surface area contributed by atoms with Crippen molar-refractivity contribution in [2.45, 2.75) is 361 Å². The van der Waals surface area contributed by atoms with E-state index < -0.39 is 78.5 Å². The third-order valence-corrected chi connectivity index (χ3v) is 18.6. The molecule has 0 saturated heterocycles. The first kappa shape index (κ1) is 91.4. The second kappa shape index (κ2) is 66.3. The number of aliphatic hydroxyl groups excluding tert-OH is 1. The van der Waals surface area contributed by atoms with Crippen molar-refractivity contribution < 1.29 is 80.3 Å². The molecule has 6 atom stereocenters. The molecule has 0 saturated carbocycles. The maximum absolute atomic E-state index is 13.2. The molecule has 94 heavy (non-hydrogen) atoms. The second-order valence-corrected chi connectivity index (χ2v) is 28.8. The number of phosphoric acid groups is 2. The van der Waals surface area contributed by atoms with Crippen LogP contribution in [0, 0.1) is 0 Å². The molecule has 0 aliphatic carbocycles. The van der Waals surface area contributed by atoms with Gasteiger partial charge < -0.3 is 50.4 Å².